The van der Waals surface area contributed by atoms with Crippen LogP contribution in [0.5, 0.6) is 0 Å². The first-order chi connectivity index (χ1) is 11.1. The van der Waals surface area contributed by atoms with Crippen LogP contribution in [0.2, 0.25) is 0 Å². The Morgan fingerprint density at radius 3 is 2.38 bits per heavy atom. The van der Waals surface area contributed by atoms with Crippen molar-refractivity contribution in [2.45, 2.75) is 64.4 Å². The van der Waals surface area contributed by atoms with Crippen LogP contribution in [0.4, 0.5) is 0 Å². The smallest absolute Gasteiger partial charge is 0.240 e. The number of hydrogen-bond acceptors (Lipinski definition) is 3. The number of aryl methyl sites for hydroxylation is 1. The predicted octanol–water partition coefficient (Wildman–Crippen LogP) is 3.89. The summed E-state index contributed by atoms with van der Waals surface area (Å²) in [6.07, 6.45) is 2.78. The normalized spacial score (nSPS) is 24.2. The molecule has 1 N–H and O–H groups in total. The van der Waals surface area contributed by atoms with E-state index in [-0.39, 0.29) is 11.0 Å². The summed E-state index contributed by atoms with van der Waals surface area (Å²) in [5.74, 6) is 0.490. The monoisotopic (exact) mass is 353 g/mol. The van der Waals surface area contributed by atoms with Crippen LogP contribution in [0.25, 0.3) is 0 Å². The van der Waals surface area contributed by atoms with Gasteiger partial charge in [-0.2, -0.15) is 0 Å². The summed E-state index contributed by atoms with van der Waals surface area (Å²) in [5.41, 5.74) is 1.03. The van der Waals surface area contributed by atoms with Crippen LogP contribution in [0, 0.1) is 18.3 Å². The molecule has 1 aliphatic rings. The lowest BCUT2D eigenvalue weighted by molar-refractivity contribution is -0.120. The van der Waals surface area contributed by atoms with Crippen LogP contribution in [0.15, 0.2) is 29.2 Å². The summed E-state index contributed by atoms with van der Waals surface area (Å²) in [5, 5.41) is 0. The topological polar surface area (TPSA) is 55.4 Å². The highest BCUT2D eigenvalue weighted by atomic mass is 32.2. The zero-order chi connectivity index (χ0) is 18.0. The molecule has 1 aliphatic heterocycles. The molecule has 0 unspecified atom stereocenters. The van der Waals surface area contributed by atoms with Gasteiger partial charge in [-0.15, -0.1) is 0 Å². The van der Waals surface area contributed by atoms with Crippen molar-refractivity contribution in [1.29, 1.82) is 0 Å². The minimum absolute atomic E-state index is 0.123. The Morgan fingerprint density at radius 1 is 1.21 bits per heavy atom. The summed E-state index contributed by atoms with van der Waals surface area (Å²) in [4.78, 5) is 0.332. The van der Waals surface area contributed by atoms with Gasteiger partial charge in [-0.1, -0.05) is 31.5 Å². The number of nitrogens with one attached hydrogen (secondary N) is 1. The molecule has 0 saturated carbocycles. The maximum Gasteiger partial charge on any atom is 0.240 e. The third-order valence-electron chi connectivity index (χ3n) is 5.34. The van der Waals surface area contributed by atoms with Crippen LogP contribution in [-0.4, -0.2) is 27.2 Å². The molecule has 2 rings (SSSR count). The average Bonchev–Trinajstić information content (AvgIpc) is 2.46. The molecular weight excluding hydrogens is 322 g/mol. The molecular formula is C19H31NO3S. The Kier molecular flexibility index (Phi) is 5.78. The van der Waals surface area contributed by atoms with Crippen molar-refractivity contribution in [1.82, 2.24) is 4.72 Å². The van der Waals surface area contributed by atoms with Gasteiger partial charge >= 0.3 is 0 Å². The highest BCUT2D eigenvalue weighted by molar-refractivity contribution is 7.89. The van der Waals surface area contributed by atoms with Crippen molar-refractivity contribution >= 4 is 10.0 Å². The fraction of sp³-hybridized carbons (Fsp3) is 0.684. The molecule has 1 atom stereocenters. The highest BCUT2D eigenvalue weighted by Crippen LogP contribution is 2.46. The first kappa shape index (κ1) is 19.4. The van der Waals surface area contributed by atoms with E-state index in [9.17, 15) is 8.42 Å². The molecule has 0 radical (unpaired) electrons. The van der Waals surface area contributed by atoms with Crippen LogP contribution in [0.3, 0.4) is 0 Å². The minimum atomic E-state index is -3.44. The number of sulfonamides is 1. The second-order valence-corrected chi connectivity index (χ2v) is 9.78. The summed E-state index contributed by atoms with van der Waals surface area (Å²) >= 11 is 0. The van der Waals surface area contributed by atoms with E-state index in [2.05, 4.69) is 32.4 Å². The van der Waals surface area contributed by atoms with E-state index in [0.717, 1.165) is 31.4 Å². The fourth-order valence-corrected chi connectivity index (χ4v) is 4.78. The molecule has 5 heteroatoms. The Morgan fingerprint density at radius 2 is 1.83 bits per heavy atom. The molecule has 0 amide bonds. The maximum atomic E-state index is 12.5. The molecule has 1 saturated heterocycles. The van der Waals surface area contributed by atoms with Crippen LogP contribution in [0.1, 0.15) is 52.5 Å². The number of ether oxygens (including phenoxy) is 1. The van der Waals surface area contributed by atoms with Gasteiger partial charge in [0.15, 0.2) is 0 Å². The van der Waals surface area contributed by atoms with Crippen molar-refractivity contribution in [3.8, 4) is 0 Å². The van der Waals surface area contributed by atoms with E-state index in [0.29, 0.717) is 17.4 Å². The van der Waals surface area contributed by atoms with Gasteiger partial charge in [0, 0.05) is 13.2 Å². The third kappa shape index (κ3) is 4.58. The van der Waals surface area contributed by atoms with Crippen LogP contribution in [-0.2, 0) is 14.8 Å². The Hall–Kier alpha value is -0.910. The zero-order valence-electron chi connectivity index (χ0n) is 15.6. The van der Waals surface area contributed by atoms with Gasteiger partial charge in [0.05, 0.1) is 10.5 Å². The Bertz CT molecular complexity index is 650. The Labute approximate surface area is 147 Å². The maximum absolute atomic E-state index is 12.5. The predicted molar refractivity (Wildman–Crippen MR) is 97.5 cm³/mol. The van der Waals surface area contributed by atoms with Gasteiger partial charge in [0.25, 0.3) is 0 Å². The van der Waals surface area contributed by atoms with E-state index in [4.69, 9.17) is 4.74 Å². The van der Waals surface area contributed by atoms with E-state index >= 15 is 0 Å². The molecule has 24 heavy (non-hydrogen) atoms. The molecule has 0 aliphatic carbocycles. The van der Waals surface area contributed by atoms with Gasteiger partial charge in [0.1, 0.15) is 0 Å². The number of benzene rings is 1. The van der Waals surface area contributed by atoms with Gasteiger partial charge in [-0.3, -0.25) is 0 Å². The number of rotatable bonds is 6. The van der Waals surface area contributed by atoms with Gasteiger partial charge in [0.2, 0.25) is 10.0 Å². The van der Waals surface area contributed by atoms with E-state index in [1.165, 1.54) is 0 Å². The van der Waals surface area contributed by atoms with E-state index in [1.807, 2.05) is 19.1 Å². The molecule has 1 heterocycles. The van der Waals surface area contributed by atoms with Crippen molar-refractivity contribution in [3.63, 3.8) is 0 Å². The summed E-state index contributed by atoms with van der Waals surface area (Å²) in [6.45, 7) is 11.9. The lowest BCUT2D eigenvalue weighted by Gasteiger charge is -2.47. The molecule has 0 spiro atoms. The second-order valence-electron chi connectivity index (χ2n) is 8.01. The summed E-state index contributed by atoms with van der Waals surface area (Å²) in [7, 11) is -3.44. The lowest BCUT2D eigenvalue weighted by Crippen LogP contribution is -2.45. The van der Waals surface area contributed by atoms with Gasteiger partial charge in [-0.25, -0.2) is 13.1 Å². The van der Waals surface area contributed by atoms with Crippen molar-refractivity contribution in [2.24, 2.45) is 11.3 Å². The quantitative estimate of drug-likeness (QED) is 0.844. The SMILES string of the molecule is Cc1ccc(S(=O)(=O)NCC[C@]2(C(C)C)CCOC(C)(C)C2)cc1. The molecule has 4 nitrogen and oxygen atoms in total. The fourth-order valence-electron chi connectivity index (χ4n) is 3.75. The third-order valence-corrected chi connectivity index (χ3v) is 6.82. The van der Waals surface area contributed by atoms with Crippen LogP contribution >= 0.6 is 0 Å². The van der Waals surface area contributed by atoms with Crippen molar-refractivity contribution in [2.75, 3.05) is 13.2 Å². The molecule has 136 valence electrons. The van der Waals surface area contributed by atoms with Crippen LogP contribution < -0.4 is 4.72 Å². The molecule has 1 fully saturated rings. The van der Waals surface area contributed by atoms with E-state index in [1.54, 1.807) is 12.1 Å². The molecule has 0 bridgehead atoms. The molecule has 1 aromatic carbocycles. The molecule has 0 aromatic heterocycles. The van der Waals surface area contributed by atoms with Gasteiger partial charge < -0.3 is 4.74 Å². The van der Waals surface area contributed by atoms with Crippen molar-refractivity contribution < 1.29 is 13.2 Å². The van der Waals surface area contributed by atoms with E-state index < -0.39 is 10.0 Å². The average molecular weight is 354 g/mol. The molecule has 1 aromatic rings. The summed E-state index contributed by atoms with van der Waals surface area (Å²) < 4.78 is 33.5. The first-order valence-corrected chi connectivity index (χ1v) is 10.3. The highest BCUT2D eigenvalue weighted by Gasteiger charge is 2.42. The lowest BCUT2D eigenvalue weighted by atomic mass is 9.65. The number of hydrogen-bond donors (Lipinski definition) is 1. The first-order valence-electron chi connectivity index (χ1n) is 8.77. The van der Waals surface area contributed by atoms with Gasteiger partial charge in [-0.05, 0) is 63.5 Å². The Balaban J connectivity index is 2.04. The standard InChI is InChI=1S/C19H31NO3S/c1-15(2)19(11-13-23-18(4,5)14-19)10-12-20-24(21,22)17-8-6-16(3)7-9-17/h6-9,15,20H,10-14H2,1-5H3/t19-/m0/s1. The minimum Gasteiger partial charge on any atom is -0.376 e. The summed E-state index contributed by atoms with van der Waals surface area (Å²) in [6, 6.07) is 6.97. The second kappa shape index (κ2) is 7.14. The largest absolute Gasteiger partial charge is 0.376 e. The van der Waals surface area contributed by atoms with Crippen molar-refractivity contribution in [3.05, 3.63) is 29.8 Å². The zero-order valence-corrected chi connectivity index (χ0v) is 16.4.